The number of methoxy groups -OCH3 is 4. The second-order valence-electron chi connectivity index (χ2n) is 11.5. The lowest BCUT2D eigenvalue weighted by Crippen LogP contribution is -2.38. The first-order valence-electron chi connectivity index (χ1n) is 15.3. The third-order valence-corrected chi connectivity index (χ3v) is 8.76. The van der Waals surface area contributed by atoms with E-state index in [1.165, 1.54) is 81.6 Å². The summed E-state index contributed by atoms with van der Waals surface area (Å²) >= 11 is 0. The number of phenols is 1. The molecule has 0 radical (unpaired) electrons. The van der Waals surface area contributed by atoms with Gasteiger partial charge in [-0.25, -0.2) is 0 Å². The lowest BCUT2D eigenvalue weighted by atomic mass is 9.85. The van der Waals surface area contributed by atoms with Crippen molar-refractivity contribution in [2.24, 2.45) is 0 Å². The number of rotatable bonds is 15. The van der Waals surface area contributed by atoms with Crippen LogP contribution in [0.3, 0.4) is 0 Å². The Balaban J connectivity index is 2.36. The van der Waals surface area contributed by atoms with Crippen molar-refractivity contribution in [3.63, 3.8) is 0 Å². The van der Waals surface area contributed by atoms with E-state index in [4.69, 9.17) is 18.9 Å². The maximum absolute atomic E-state index is 13.5. The number of benzene rings is 2. The van der Waals surface area contributed by atoms with Gasteiger partial charge in [0.2, 0.25) is 0 Å². The molecule has 0 fully saturated rings. The van der Waals surface area contributed by atoms with Crippen LogP contribution in [0.2, 0.25) is 0 Å². The van der Waals surface area contributed by atoms with Crippen molar-refractivity contribution in [1.82, 2.24) is 9.80 Å². The molecular formula is C35H40N2O13S. The highest BCUT2D eigenvalue weighted by atomic mass is 32.2. The van der Waals surface area contributed by atoms with Crippen molar-refractivity contribution in [2.45, 2.75) is 25.3 Å². The highest BCUT2D eigenvalue weighted by molar-refractivity contribution is 7.86. The molecule has 0 amide bonds. The normalized spacial score (nSPS) is 14.1. The Hall–Kier alpha value is -5.16. The van der Waals surface area contributed by atoms with Crippen LogP contribution in [-0.4, -0.2) is 119 Å². The molecule has 0 bridgehead atoms. The molecule has 274 valence electrons. The average Bonchev–Trinajstić information content (AvgIpc) is 3.08. The smallest absolute Gasteiger partial charge is 0.319 e. The number of ketones is 1. The second-order valence-corrected chi connectivity index (χ2v) is 12.9. The molecule has 1 aliphatic rings. The minimum atomic E-state index is -4.81. The van der Waals surface area contributed by atoms with E-state index in [0.29, 0.717) is 16.7 Å². The van der Waals surface area contributed by atoms with Gasteiger partial charge in [-0.1, -0.05) is 18.2 Å². The molecule has 0 aliphatic heterocycles. The molecular weight excluding hydrogens is 688 g/mol. The summed E-state index contributed by atoms with van der Waals surface area (Å²) in [6, 6.07) is 8.74. The zero-order chi connectivity index (χ0) is 38.0. The van der Waals surface area contributed by atoms with Gasteiger partial charge >= 0.3 is 23.9 Å². The summed E-state index contributed by atoms with van der Waals surface area (Å²) in [6.07, 6.45) is 3.01. The number of aryl methyl sites for hydroxylation is 1. The summed E-state index contributed by atoms with van der Waals surface area (Å²) in [7, 11) is -0.0932. The molecule has 3 rings (SSSR count). The van der Waals surface area contributed by atoms with Crippen molar-refractivity contribution < 1.29 is 61.0 Å². The fourth-order valence-corrected chi connectivity index (χ4v) is 6.11. The Morgan fingerprint density at radius 3 is 1.73 bits per heavy atom. The molecule has 2 N–H and O–H groups in total. The number of carbonyl (C=O) groups is 5. The number of allylic oxidation sites excluding steroid dienone is 4. The molecule has 1 aliphatic carbocycles. The molecule has 15 nitrogen and oxygen atoms in total. The van der Waals surface area contributed by atoms with Gasteiger partial charge in [0.1, 0.15) is 10.6 Å². The fraction of sp³-hybridized carbons (Fsp3) is 0.343. The molecule has 0 aromatic heterocycles. The SMILES string of the molecule is COC(=O)CN(CC(=O)OC)CC1=CC(=C(c2cc(C)c(O)c(CN(CC(=O)OC)CC(=O)OC)c2)c2ccccc2S(=O)(=O)O)C=C(C)C1=O. The number of esters is 4. The lowest BCUT2D eigenvalue weighted by Gasteiger charge is -2.25. The van der Waals surface area contributed by atoms with Gasteiger partial charge in [-0.2, -0.15) is 8.42 Å². The number of hydrogen-bond donors (Lipinski definition) is 2. The quantitative estimate of drug-likeness (QED) is 0.153. The van der Waals surface area contributed by atoms with Crippen LogP contribution in [0.1, 0.15) is 29.2 Å². The van der Waals surface area contributed by atoms with Gasteiger partial charge < -0.3 is 24.1 Å². The van der Waals surface area contributed by atoms with Crippen LogP contribution in [0.4, 0.5) is 0 Å². The Morgan fingerprint density at radius 2 is 1.24 bits per heavy atom. The van der Waals surface area contributed by atoms with Crippen molar-refractivity contribution >= 4 is 45.4 Å². The number of nitrogens with zero attached hydrogens (tertiary/aromatic N) is 2. The van der Waals surface area contributed by atoms with E-state index < -0.39 is 44.7 Å². The van der Waals surface area contributed by atoms with Crippen LogP contribution in [0.25, 0.3) is 5.57 Å². The van der Waals surface area contributed by atoms with Crippen molar-refractivity contribution in [1.29, 1.82) is 0 Å². The van der Waals surface area contributed by atoms with E-state index in [9.17, 15) is 42.0 Å². The van der Waals surface area contributed by atoms with Gasteiger partial charge in [0.25, 0.3) is 10.1 Å². The molecule has 0 heterocycles. The Morgan fingerprint density at radius 1 is 0.745 bits per heavy atom. The minimum Gasteiger partial charge on any atom is -0.507 e. The molecule has 51 heavy (non-hydrogen) atoms. The van der Waals surface area contributed by atoms with Gasteiger partial charge in [0.15, 0.2) is 5.78 Å². The Bertz CT molecular complexity index is 1880. The van der Waals surface area contributed by atoms with Crippen molar-refractivity contribution in [3.8, 4) is 5.75 Å². The molecule has 0 unspecified atom stereocenters. The molecule has 0 atom stereocenters. The first kappa shape index (κ1) is 40.3. The van der Waals surface area contributed by atoms with E-state index in [1.54, 1.807) is 19.1 Å². The third-order valence-electron chi connectivity index (χ3n) is 7.85. The molecule has 0 saturated carbocycles. The average molecular weight is 729 g/mol. The van der Waals surface area contributed by atoms with E-state index in [0.717, 1.165) is 0 Å². The first-order valence-corrected chi connectivity index (χ1v) is 16.8. The first-order chi connectivity index (χ1) is 24.0. The maximum Gasteiger partial charge on any atom is 0.319 e. The zero-order valence-corrected chi connectivity index (χ0v) is 29.9. The maximum atomic E-state index is 13.5. The van der Waals surface area contributed by atoms with Gasteiger partial charge in [-0.3, -0.25) is 38.3 Å². The number of ether oxygens (including phenoxy) is 4. The molecule has 2 aromatic carbocycles. The summed E-state index contributed by atoms with van der Waals surface area (Å²) in [4.78, 5) is 64.5. The summed E-state index contributed by atoms with van der Waals surface area (Å²) in [5, 5.41) is 11.1. The Labute approximate surface area is 295 Å². The Kier molecular flexibility index (Phi) is 14.0. The van der Waals surface area contributed by atoms with E-state index in [-0.39, 0.29) is 72.9 Å². The van der Waals surface area contributed by atoms with Gasteiger partial charge in [-0.05, 0) is 72.0 Å². The highest BCUT2D eigenvalue weighted by Crippen LogP contribution is 2.38. The van der Waals surface area contributed by atoms with E-state index in [1.807, 2.05) is 0 Å². The molecule has 0 saturated heterocycles. The minimum absolute atomic E-state index is 0.0435. The second kappa shape index (κ2) is 17.7. The van der Waals surface area contributed by atoms with E-state index >= 15 is 0 Å². The molecule has 16 heteroatoms. The summed E-state index contributed by atoms with van der Waals surface area (Å²) < 4.78 is 54.7. The standard InChI is InChI=1S/C35H40N2O13S/c1-21-11-23(13-25(34(21)42)15-36(17-29(38)47-3)18-30(39)48-4)33(27-9-7-8-10-28(27)51(44,45)46)24-12-22(2)35(43)26(14-24)16-37(19-31(40)49-5)20-32(41)50-6/h7-14,42H,15-20H2,1-6H3,(H,44,45,46). The van der Waals surface area contributed by atoms with Crippen LogP contribution in [0, 0.1) is 6.92 Å². The largest absolute Gasteiger partial charge is 0.507 e. The number of hydrogen-bond acceptors (Lipinski definition) is 14. The summed E-state index contributed by atoms with van der Waals surface area (Å²) in [5.41, 5.74) is 1.85. The number of carbonyl (C=O) groups excluding carboxylic acids is 5. The summed E-state index contributed by atoms with van der Waals surface area (Å²) in [5.74, 6) is -3.24. The van der Waals surface area contributed by atoms with Crippen LogP contribution < -0.4 is 0 Å². The van der Waals surface area contributed by atoms with Crippen LogP contribution in [0.5, 0.6) is 5.75 Å². The topological polar surface area (TPSA) is 203 Å². The van der Waals surface area contributed by atoms with Gasteiger partial charge in [-0.15, -0.1) is 0 Å². The van der Waals surface area contributed by atoms with E-state index in [2.05, 4.69) is 0 Å². The van der Waals surface area contributed by atoms with Gasteiger partial charge in [0.05, 0.1) is 54.6 Å². The predicted molar refractivity (Wildman–Crippen MR) is 182 cm³/mol. The number of Topliss-reactive ketones (excluding diaryl/α,β-unsaturated/α-hetero) is 1. The van der Waals surface area contributed by atoms with Gasteiger partial charge in [0, 0.05) is 29.8 Å². The fourth-order valence-electron chi connectivity index (χ4n) is 5.41. The molecule has 0 spiro atoms. The highest BCUT2D eigenvalue weighted by Gasteiger charge is 2.28. The van der Waals surface area contributed by atoms with Crippen LogP contribution >= 0.6 is 0 Å². The lowest BCUT2D eigenvalue weighted by molar-refractivity contribution is -0.147. The van der Waals surface area contributed by atoms with Crippen molar-refractivity contribution in [3.05, 3.63) is 87.5 Å². The monoisotopic (exact) mass is 728 g/mol. The van der Waals surface area contributed by atoms with Crippen molar-refractivity contribution in [2.75, 3.05) is 61.2 Å². The number of phenolic OH excluding ortho intramolecular Hbond substituents is 1. The van der Waals surface area contributed by atoms with Crippen LogP contribution in [0.15, 0.2) is 70.2 Å². The molecule has 2 aromatic rings. The zero-order valence-electron chi connectivity index (χ0n) is 29.0. The van der Waals surface area contributed by atoms with Crippen LogP contribution in [-0.2, 0) is 59.6 Å². The predicted octanol–water partition coefficient (Wildman–Crippen LogP) is 2.00. The number of aromatic hydroxyl groups is 1. The summed E-state index contributed by atoms with van der Waals surface area (Å²) in [6.45, 7) is 1.38. The third kappa shape index (κ3) is 10.7.